The SMILES string of the molecule is CCCCc1ccc(NC(=O)[C@H](Cc2ccc(OC(=O)OCc3ccccc3Br)cc2)NC(=O)CCCCCNC(=O)OC(C)(C)C)cc1. The van der Waals surface area contributed by atoms with Crippen LogP contribution in [0.15, 0.2) is 77.3 Å². The van der Waals surface area contributed by atoms with Crippen LogP contribution in [-0.2, 0) is 38.5 Å². The minimum atomic E-state index is -0.845. The molecule has 0 radical (unpaired) electrons. The van der Waals surface area contributed by atoms with Crippen LogP contribution in [-0.4, -0.2) is 42.3 Å². The van der Waals surface area contributed by atoms with Gasteiger partial charge in [0.1, 0.15) is 24.0 Å². The molecule has 49 heavy (non-hydrogen) atoms. The molecule has 0 aromatic heterocycles. The molecule has 3 amide bonds. The molecule has 3 N–H and O–H groups in total. The van der Waals surface area contributed by atoms with E-state index in [1.54, 1.807) is 45.0 Å². The van der Waals surface area contributed by atoms with Crippen molar-refractivity contribution >= 4 is 45.7 Å². The molecule has 0 heterocycles. The van der Waals surface area contributed by atoms with Gasteiger partial charge in [-0.15, -0.1) is 0 Å². The van der Waals surface area contributed by atoms with Crippen molar-refractivity contribution in [3.05, 3.63) is 94.0 Å². The minimum Gasteiger partial charge on any atom is -0.444 e. The Balaban J connectivity index is 1.55. The predicted molar refractivity (Wildman–Crippen MR) is 193 cm³/mol. The standard InChI is InChI=1S/C38H48BrN3O7/c1-5-6-12-27-16-20-30(21-17-27)41-35(44)33(42-34(43)15-8-7-11-24-40-36(45)49-38(2,3)4)25-28-18-22-31(23-19-28)48-37(46)47-26-29-13-9-10-14-32(29)39/h9-10,13-14,16-23,33H,5-8,11-12,15,24-26H2,1-4H3,(H,40,45)(H,41,44)(H,42,43)/t33-/m0/s1. The number of ether oxygens (including phenoxy) is 3. The zero-order valence-electron chi connectivity index (χ0n) is 28.8. The van der Waals surface area contributed by atoms with Crippen LogP contribution < -0.4 is 20.7 Å². The topological polar surface area (TPSA) is 132 Å². The summed E-state index contributed by atoms with van der Waals surface area (Å²) in [6.07, 6.45) is 4.33. The fourth-order valence-electron chi connectivity index (χ4n) is 4.74. The zero-order chi connectivity index (χ0) is 35.6. The summed E-state index contributed by atoms with van der Waals surface area (Å²) in [4.78, 5) is 50.5. The van der Waals surface area contributed by atoms with Gasteiger partial charge in [0.15, 0.2) is 0 Å². The zero-order valence-corrected chi connectivity index (χ0v) is 30.4. The first-order chi connectivity index (χ1) is 23.4. The minimum absolute atomic E-state index is 0.0548. The number of nitrogens with one attached hydrogen (secondary N) is 3. The summed E-state index contributed by atoms with van der Waals surface area (Å²) in [5.74, 6) is -0.301. The fourth-order valence-corrected chi connectivity index (χ4v) is 5.14. The van der Waals surface area contributed by atoms with E-state index in [0.717, 1.165) is 41.3 Å². The Hall–Kier alpha value is -4.38. The molecule has 0 aliphatic carbocycles. The van der Waals surface area contributed by atoms with Crippen molar-refractivity contribution in [3.8, 4) is 5.75 Å². The maximum absolute atomic E-state index is 13.4. The molecular weight excluding hydrogens is 690 g/mol. The number of unbranched alkanes of at least 4 members (excludes halogenated alkanes) is 3. The van der Waals surface area contributed by atoms with Crippen LogP contribution in [0.25, 0.3) is 0 Å². The molecule has 0 spiro atoms. The molecule has 10 nitrogen and oxygen atoms in total. The highest BCUT2D eigenvalue weighted by molar-refractivity contribution is 9.10. The highest BCUT2D eigenvalue weighted by atomic mass is 79.9. The number of anilines is 1. The summed E-state index contributed by atoms with van der Waals surface area (Å²) in [6.45, 7) is 8.06. The van der Waals surface area contributed by atoms with Crippen LogP contribution in [0.4, 0.5) is 15.3 Å². The molecule has 264 valence electrons. The summed E-state index contributed by atoms with van der Waals surface area (Å²) in [6, 6.07) is 21.0. The summed E-state index contributed by atoms with van der Waals surface area (Å²) in [5.41, 5.74) is 2.85. The van der Waals surface area contributed by atoms with E-state index in [9.17, 15) is 19.2 Å². The van der Waals surface area contributed by atoms with Crippen molar-refractivity contribution in [2.45, 2.75) is 97.3 Å². The Kier molecular flexibility index (Phi) is 16.1. The van der Waals surface area contributed by atoms with E-state index in [0.29, 0.717) is 25.1 Å². The molecule has 0 saturated heterocycles. The van der Waals surface area contributed by atoms with Crippen molar-refractivity contribution in [3.63, 3.8) is 0 Å². The smallest absolute Gasteiger partial charge is 0.444 e. The van der Waals surface area contributed by atoms with Gasteiger partial charge in [-0.3, -0.25) is 9.59 Å². The number of alkyl carbamates (subject to hydrolysis) is 1. The summed E-state index contributed by atoms with van der Waals surface area (Å²) >= 11 is 3.42. The Bertz CT molecular complexity index is 1500. The van der Waals surface area contributed by atoms with Crippen molar-refractivity contribution in [2.24, 2.45) is 0 Å². The first-order valence-corrected chi connectivity index (χ1v) is 17.5. The van der Waals surface area contributed by atoms with E-state index in [1.165, 1.54) is 5.56 Å². The molecule has 0 saturated carbocycles. The van der Waals surface area contributed by atoms with E-state index in [4.69, 9.17) is 14.2 Å². The number of rotatable bonds is 17. The van der Waals surface area contributed by atoms with Crippen LogP contribution in [0.5, 0.6) is 5.75 Å². The maximum Gasteiger partial charge on any atom is 0.514 e. The highest BCUT2D eigenvalue weighted by Gasteiger charge is 2.22. The second-order valence-corrected chi connectivity index (χ2v) is 13.6. The van der Waals surface area contributed by atoms with Crippen LogP contribution in [0, 0.1) is 0 Å². The lowest BCUT2D eigenvalue weighted by atomic mass is 10.0. The largest absolute Gasteiger partial charge is 0.514 e. The number of halogens is 1. The van der Waals surface area contributed by atoms with Gasteiger partial charge in [-0.05, 0) is 87.9 Å². The van der Waals surface area contributed by atoms with E-state index in [2.05, 4.69) is 38.8 Å². The van der Waals surface area contributed by atoms with Crippen molar-refractivity contribution in [1.82, 2.24) is 10.6 Å². The number of aryl methyl sites for hydroxylation is 1. The van der Waals surface area contributed by atoms with Crippen LogP contribution >= 0.6 is 15.9 Å². The van der Waals surface area contributed by atoms with Crippen LogP contribution in [0.3, 0.4) is 0 Å². The van der Waals surface area contributed by atoms with Crippen LogP contribution in [0.1, 0.15) is 82.9 Å². The number of benzene rings is 3. The monoisotopic (exact) mass is 737 g/mol. The van der Waals surface area contributed by atoms with E-state index in [1.807, 2.05) is 48.5 Å². The average Bonchev–Trinajstić information content (AvgIpc) is 3.05. The lowest BCUT2D eigenvalue weighted by molar-refractivity contribution is -0.126. The highest BCUT2D eigenvalue weighted by Crippen LogP contribution is 2.19. The molecule has 3 rings (SSSR count). The number of hydrogen-bond donors (Lipinski definition) is 3. The van der Waals surface area contributed by atoms with Gasteiger partial charge in [-0.1, -0.05) is 78.2 Å². The van der Waals surface area contributed by atoms with Crippen molar-refractivity contribution in [1.29, 1.82) is 0 Å². The van der Waals surface area contributed by atoms with Gasteiger partial charge in [-0.2, -0.15) is 0 Å². The Morgan fingerprint density at radius 2 is 1.53 bits per heavy atom. The van der Waals surface area contributed by atoms with E-state index >= 15 is 0 Å². The van der Waals surface area contributed by atoms with Gasteiger partial charge in [0, 0.05) is 35.1 Å². The molecule has 3 aromatic carbocycles. The second kappa shape index (κ2) is 20.2. The average molecular weight is 739 g/mol. The first kappa shape index (κ1) is 39.1. The number of amides is 3. The molecule has 0 fully saturated rings. The van der Waals surface area contributed by atoms with Gasteiger partial charge < -0.3 is 30.2 Å². The van der Waals surface area contributed by atoms with Crippen molar-refractivity contribution < 1.29 is 33.4 Å². The lowest BCUT2D eigenvalue weighted by Gasteiger charge is -2.20. The lowest BCUT2D eigenvalue weighted by Crippen LogP contribution is -2.45. The third-order valence-corrected chi connectivity index (χ3v) is 8.08. The fraction of sp³-hybridized carbons (Fsp3) is 0.421. The maximum atomic E-state index is 13.4. The molecule has 3 aromatic rings. The third kappa shape index (κ3) is 15.6. The Morgan fingerprint density at radius 1 is 0.837 bits per heavy atom. The van der Waals surface area contributed by atoms with Crippen molar-refractivity contribution in [2.75, 3.05) is 11.9 Å². The van der Waals surface area contributed by atoms with Crippen LogP contribution in [0.2, 0.25) is 0 Å². The van der Waals surface area contributed by atoms with Gasteiger partial charge in [0.05, 0.1) is 0 Å². The van der Waals surface area contributed by atoms with Gasteiger partial charge in [0.2, 0.25) is 11.8 Å². The third-order valence-electron chi connectivity index (χ3n) is 7.31. The predicted octanol–water partition coefficient (Wildman–Crippen LogP) is 8.26. The molecule has 0 aliphatic heterocycles. The normalized spacial score (nSPS) is 11.6. The van der Waals surface area contributed by atoms with E-state index in [-0.39, 0.29) is 37.0 Å². The van der Waals surface area contributed by atoms with Gasteiger partial charge in [0.25, 0.3) is 0 Å². The summed E-state index contributed by atoms with van der Waals surface area (Å²) < 4.78 is 16.6. The summed E-state index contributed by atoms with van der Waals surface area (Å²) in [5, 5.41) is 8.55. The molecule has 0 aliphatic rings. The Labute approximate surface area is 297 Å². The molecular formula is C38H48BrN3O7. The molecule has 1 atom stereocenters. The van der Waals surface area contributed by atoms with Gasteiger partial charge >= 0.3 is 12.2 Å². The van der Waals surface area contributed by atoms with E-state index < -0.39 is 23.9 Å². The molecule has 0 bridgehead atoms. The molecule has 0 unspecified atom stereocenters. The molecule has 11 heteroatoms. The summed E-state index contributed by atoms with van der Waals surface area (Å²) in [7, 11) is 0. The number of carbonyl (C=O) groups excluding carboxylic acids is 4. The van der Waals surface area contributed by atoms with Gasteiger partial charge in [-0.25, -0.2) is 9.59 Å². The quantitative estimate of drug-likeness (QED) is 0.0722. The first-order valence-electron chi connectivity index (χ1n) is 16.7. The number of carbonyl (C=O) groups is 4. The second-order valence-electron chi connectivity index (χ2n) is 12.7. The number of hydrogen-bond acceptors (Lipinski definition) is 7. The Morgan fingerprint density at radius 3 is 2.20 bits per heavy atom.